The maximum Gasteiger partial charge on any atom is 0.490 e. The summed E-state index contributed by atoms with van der Waals surface area (Å²) < 4.78 is 81.1. The SMILES string of the molecule is Nc1ccnc(=O)n1C1O[C@@H](COP(=O)(O)OP(=O)(O)OP(=O)(O)OP(=O)(O)OC[C@H]2O[C@H](n3ccc(=S)[nH]c3=O)[C@H](O)[C@@H]2O)[C@@H](O)[C@H]1O. The summed E-state index contributed by atoms with van der Waals surface area (Å²) >= 11 is 4.78. The van der Waals surface area contributed by atoms with Crippen LogP contribution in [0.4, 0.5) is 5.82 Å². The molecule has 2 aliphatic heterocycles. The lowest BCUT2D eigenvalue weighted by Crippen LogP contribution is -2.37. The van der Waals surface area contributed by atoms with Crippen molar-refractivity contribution in [3.63, 3.8) is 0 Å². The fourth-order valence-corrected chi connectivity index (χ4v) is 9.39. The maximum atomic E-state index is 12.3. The van der Waals surface area contributed by atoms with Crippen molar-refractivity contribution in [1.82, 2.24) is 19.1 Å². The highest BCUT2D eigenvalue weighted by Gasteiger charge is 2.50. The van der Waals surface area contributed by atoms with Crippen LogP contribution in [0.2, 0.25) is 0 Å². The fraction of sp³-hybridized carbons (Fsp3) is 0.556. The van der Waals surface area contributed by atoms with Gasteiger partial charge in [-0.2, -0.15) is 12.9 Å². The molecule has 0 aromatic carbocycles. The van der Waals surface area contributed by atoms with Crippen LogP contribution in [0, 0.1) is 4.64 Å². The van der Waals surface area contributed by atoms with Crippen LogP contribution in [0.15, 0.2) is 34.1 Å². The van der Waals surface area contributed by atoms with E-state index in [1.54, 1.807) is 0 Å². The van der Waals surface area contributed by atoms with Gasteiger partial charge in [0.05, 0.1) is 13.2 Å². The van der Waals surface area contributed by atoms with Gasteiger partial charge >= 0.3 is 42.7 Å². The van der Waals surface area contributed by atoms with E-state index in [-0.39, 0.29) is 10.5 Å². The van der Waals surface area contributed by atoms with Gasteiger partial charge in [0.1, 0.15) is 47.1 Å². The topological polar surface area (TPSA) is 393 Å². The minimum atomic E-state index is -6.22. The van der Waals surface area contributed by atoms with E-state index in [0.717, 1.165) is 23.0 Å². The predicted octanol–water partition coefficient (Wildman–Crippen LogP) is -2.53. The molecule has 49 heavy (non-hydrogen) atoms. The zero-order valence-electron chi connectivity index (χ0n) is 23.8. The molecular weight excluding hydrogens is 778 g/mol. The van der Waals surface area contributed by atoms with Crippen LogP contribution in [-0.2, 0) is 49.7 Å². The van der Waals surface area contributed by atoms with Crippen molar-refractivity contribution in [2.24, 2.45) is 0 Å². The van der Waals surface area contributed by atoms with Crippen molar-refractivity contribution in [3.05, 3.63) is 50.1 Å². The number of aliphatic hydroxyl groups is 4. The second-order valence-corrected chi connectivity index (χ2v) is 16.5. The molecule has 5 unspecified atom stereocenters. The van der Waals surface area contributed by atoms with Gasteiger partial charge in [-0.05, 0) is 12.1 Å². The molecule has 2 aliphatic rings. The molecule has 4 rings (SSSR count). The van der Waals surface area contributed by atoms with Gasteiger partial charge in [-0.15, -0.1) is 0 Å². The first-order valence-corrected chi connectivity index (χ1v) is 19.3. The van der Waals surface area contributed by atoms with Crippen molar-refractivity contribution in [2.45, 2.75) is 49.1 Å². The molecule has 2 fully saturated rings. The van der Waals surface area contributed by atoms with E-state index in [0.29, 0.717) is 4.57 Å². The summed E-state index contributed by atoms with van der Waals surface area (Å²) in [6.45, 7) is -2.36. The number of aromatic amines is 1. The molecule has 0 spiro atoms. The van der Waals surface area contributed by atoms with Crippen LogP contribution < -0.4 is 17.1 Å². The number of nitrogen functional groups attached to an aromatic ring is 1. The first-order valence-electron chi connectivity index (χ1n) is 12.9. The minimum Gasteiger partial charge on any atom is -0.387 e. The van der Waals surface area contributed by atoms with Gasteiger partial charge in [-0.25, -0.2) is 37.4 Å². The summed E-state index contributed by atoms with van der Waals surface area (Å²) in [6.07, 6.45) is -12.0. The second kappa shape index (κ2) is 15.0. The summed E-state index contributed by atoms with van der Waals surface area (Å²) in [5.74, 6) is -0.260. The lowest BCUT2D eigenvalue weighted by molar-refractivity contribution is -0.0542. The molecular formula is C18H27N5O21P4S. The van der Waals surface area contributed by atoms with Crippen molar-refractivity contribution < 1.29 is 89.7 Å². The summed E-state index contributed by atoms with van der Waals surface area (Å²) in [5.41, 5.74) is 3.78. The number of aliphatic hydroxyl groups excluding tert-OH is 4. The van der Waals surface area contributed by atoms with Crippen LogP contribution in [0.1, 0.15) is 12.5 Å². The molecule has 2 saturated heterocycles. The number of hydrogen-bond acceptors (Lipinski definition) is 20. The summed E-state index contributed by atoms with van der Waals surface area (Å²) in [7, 11) is -24.0. The molecule has 0 amide bonds. The number of hydrogen-bond donors (Lipinski definition) is 10. The first kappa shape index (κ1) is 39.9. The number of nitrogens with two attached hydrogens (primary N) is 1. The van der Waals surface area contributed by atoms with Crippen molar-refractivity contribution in [2.75, 3.05) is 18.9 Å². The average Bonchev–Trinajstić information content (AvgIpc) is 3.38. The number of nitrogens with one attached hydrogen (secondary N) is 1. The third-order valence-corrected chi connectivity index (χ3v) is 12.5. The average molecular weight is 805 g/mol. The number of phosphoric acid groups is 4. The normalized spacial score (nSPS) is 32.2. The van der Waals surface area contributed by atoms with E-state index in [1.165, 1.54) is 6.07 Å². The number of aromatic nitrogens is 4. The zero-order chi connectivity index (χ0) is 36.7. The summed E-state index contributed by atoms with van der Waals surface area (Å²) in [5, 5.41) is 40.9. The molecule has 26 nitrogen and oxygen atoms in total. The Morgan fingerprint density at radius 3 is 1.76 bits per heavy atom. The molecule has 0 saturated carbocycles. The quantitative estimate of drug-likeness (QED) is 0.0695. The van der Waals surface area contributed by atoms with Crippen LogP contribution in [0.25, 0.3) is 0 Å². The Balaban J connectivity index is 1.31. The van der Waals surface area contributed by atoms with Gasteiger partial charge in [0, 0.05) is 12.4 Å². The van der Waals surface area contributed by atoms with E-state index in [4.69, 9.17) is 27.4 Å². The lowest BCUT2D eigenvalue weighted by atomic mass is 10.1. The molecule has 31 heteroatoms. The Bertz CT molecular complexity index is 1910. The standard InChI is InChI=1S/C18H27N5O21P4S/c19-9-1-3-20-17(28)23(9)16-14(27)12(25)8(41-16)6-39-46(32,33)43-48(36,37)44-47(34,35)42-45(30,31)38-5-7-11(24)13(26)15(40-7)22-4-2-10(49)21-18(22)29/h1-4,7-8,11-16,24-27H,5-6,19H2,(H,30,31)(H,32,33)(H,34,35)(H,36,37)(H,21,29,49)/t7-,8+,11-,12-,13-,14-,15+,16?/m1/s1. The fourth-order valence-electron chi connectivity index (χ4n) is 4.29. The highest BCUT2D eigenvalue weighted by molar-refractivity contribution is 7.71. The molecule has 11 N–H and O–H groups in total. The second-order valence-electron chi connectivity index (χ2n) is 9.84. The van der Waals surface area contributed by atoms with Crippen molar-refractivity contribution >= 4 is 49.3 Å². The molecule has 0 radical (unpaired) electrons. The molecule has 2 aromatic heterocycles. The van der Waals surface area contributed by atoms with Gasteiger partial charge in [-0.1, -0.05) is 12.2 Å². The third-order valence-electron chi connectivity index (χ3n) is 6.39. The van der Waals surface area contributed by atoms with Gasteiger partial charge in [0.15, 0.2) is 12.5 Å². The number of rotatable bonds is 14. The van der Waals surface area contributed by atoms with Gasteiger partial charge in [0.2, 0.25) is 0 Å². The smallest absolute Gasteiger partial charge is 0.387 e. The Labute approximate surface area is 276 Å². The Hall–Kier alpha value is -1.90. The molecule has 2 aromatic rings. The Morgan fingerprint density at radius 2 is 1.27 bits per heavy atom. The Morgan fingerprint density at radius 1 is 0.796 bits per heavy atom. The predicted molar refractivity (Wildman–Crippen MR) is 155 cm³/mol. The van der Waals surface area contributed by atoms with Crippen LogP contribution in [0.3, 0.4) is 0 Å². The van der Waals surface area contributed by atoms with Crippen molar-refractivity contribution in [3.8, 4) is 0 Å². The summed E-state index contributed by atoms with van der Waals surface area (Å²) in [6, 6.07) is 2.39. The number of ether oxygens (including phenoxy) is 2. The van der Waals surface area contributed by atoms with Gasteiger partial charge in [-0.3, -0.25) is 18.6 Å². The monoisotopic (exact) mass is 805 g/mol. The first-order chi connectivity index (χ1) is 22.5. The largest absolute Gasteiger partial charge is 0.490 e. The highest BCUT2D eigenvalue weighted by atomic mass is 32.1. The zero-order valence-corrected chi connectivity index (χ0v) is 28.2. The van der Waals surface area contributed by atoms with Gasteiger partial charge in [0.25, 0.3) is 0 Å². The molecule has 0 bridgehead atoms. The molecule has 4 heterocycles. The van der Waals surface area contributed by atoms with Crippen molar-refractivity contribution in [1.29, 1.82) is 0 Å². The number of phosphoric ester groups is 2. The van der Waals surface area contributed by atoms with E-state index < -0.39 is 105 Å². The molecule has 12 atom stereocenters. The maximum absolute atomic E-state index is 12.3. The summed E-state index contributed by atoms with van der Waals surface area (Å²) in [4.78, 5) is 68.9. The number of anilines is 1. The third kappa shape index (κ3) is 9.91. The minimum absolute atomic E-state index is 0.0242. The molecule has 276 valence electrons. The van der Waals surface area contributed by atoms with E-state index in [9.17, 15) is 67.8 Å². The van der Waals surface area contributed by atoms with E-state index in [2.05, 4.69) is 31.9 Å². The molecule has 0 aliphatic carbocycles. The van der Waals surface area contributed by atoms with Crippen LogP contribution in [0.5, 0.6) is 0 Å². The van der Waals surface area contributed by atoms with Crippen LogP contribution >= 0.6 is 43.5 Å². The number of H-pyrrole nitrogens is 1. The van der Waals surface area contributed by atoms with E-state index in [1.807, 2.05) is 0 Å². The highest BCUT2D eigenvalue weighted by Crippen LogP contribution is 2.71. The van der Waals surface area contributed by atoms with Crippen LogP contribution in [-0.4, -0.2) is 109 Å². The number of nitrogens with zero attached hydrogens (tertiary/aromatic N) is 3. The van der Waals surface area contributed by atoms with Gasteiger partial charge < -0.3 is 55.2 Å². The lowest BCUT2D eigenvalue weighted by Gasteiger charge is -2.21. The Kier molecular flexibility index (Phi) is 12.2. The van der Waals surface area contributed by atoms with E-state index >= 15 is 0 Å².